The number of hydrogen-bond donors (Lipinski definition) is 3. The van der Waals surface area contributed by atoms with Gasteiger partial charge in [-0.15, -0.1) is 0 Å². The van der Waals surface area contributed by atoms with Crippen molar-refractivity contribution in [2.75, 3.05) is 5.73 Å². The lowest BCUT2D eigenvalue weighted by molar-refractivity contribution is -0.117. The van der Waals surface area contributed by atoms with Gasteiger partial charge in [-0.25, -0.2) is 9.97 Å². The highest BCUT2D eigenvalue weighted by Crippen LogP contribution is 2.10. The maximum absolute atomic E-state index is 11.2. The first kappa shape index (κ1) is 11.2. The fourth-order valence-electron chi connectivity index (χ4n) is 0.869. The third kappa shape index (κ3) is 3.39. The highest BCUT2D eigenvalue weighted by atomic mass is 35.5. The molecule has 8 heteroatoms. The van der Waals surface area contributed by atoms with Gasteiger partial charge in [0.1, 0.15) is 11.0 Å². The number of carbonyl (C=O) groups excluding carboxylic acids is 1. The molecule has 1 aromatic rings. The summed E-state index contributed by atoms with van der Waals surface area (Å²) in [6.07, 6.45) is 1.14. The van der Waals surface area contributed by atoms with E-state index in [0.29, 0.717) is 0 Å². The third-order valence-electron chi connectivity index (χ3n) is 1.42. The summed E-state index contributed by atoms with van der Waals surface area (Å²) in [6, 6.07) is 0. The molecule has 6 N–H and O–H groups in total. The summed E-state index contributed by atoms with van der Waals surface area (Å²) >= 11 is 5.58. The lowest BCUT2D eigenvalue weighted by atomic mass is 10.3. The van der Waals surface area contributed by atoms with Crippen molar-refractivity contribution in [2.45, 2.75) is 6.42 Å². The van der Waals surface area contributed by atoms with Crippen LogP contribution in [0.5, 0.6) is 0 Å². The molecule has 1 heterocycles. The van der Waals surface area contributed by atoms with Crippen LogP contribution in [0.2, 0.25) is 5.15 Å². The number of aliphatic imine (C=N–C) groups is 1. The Kier molecular flexibility index (Phi) is 3.40. The van der Waals surface area contributed by atoms with Gasteiger partial charge in [0.15, 0.2) is 5.96 Å². The van der Waals surface area contributed by atoms with Gasteiger partial charge in [0.05, 0.1) is 18.3 Å². The van der Waals surface area contributed by atoms with E-state index in [-0.39, 0.29) is 29.0 Å². The van der Waals surface area contributed by atoms with Crippen LogP contribution in [0.15, 0.2) is 11.2 Å². The molecule has 0 aliphatic heterocycles. The van der Waals surface area contributed by atoms with E-state index >= 15 is 0 Å². The van der Waals surface area contributed by atoms with E-state index in [4.69, 9.17) is 28.8 Å². The quantitative estimate of drug-likeness (QED) is 0.442. The van der Waals surface area contributed by atoms with Gasteiger partial charge < -0.3 is 17.2 Å². The molecule has 0 aliphatic rings. The highest BCUT2D eigenvalue weighted by Gasteiger charge is 2.09. The third-order valence-corrected chi connectivity index (χ3v) is 1.60. The molecule has 1 amide bonds. The van der Waals surface area contributed by atoms with Gasteiger partial charge in [-0.05, 0) is 0 Å². The zero-order valence-corrected chi connectivity index (χ0v) is 8.40. The Morgan fingerprint density at radius 2 is 2.20 bits per heavy atom. The van der Waals surface area contributed by atoms with E-state index in [1.165, 1.54) is 6.20 Å². The minimum atomic E-state index is -0.557. The summed E-state index contributed by atoms with van der Waals surface area (Å²) < 4.78 is 0. The van der Waals surface area contributed by atoms with E-state index in [9.17, 15) is 4.79 Å². The van der Waals surface area contributed by atoms with Crippen LogP contribution in [0.1, 0.15) is 5.69 Å². The van der Waals surface area contributed by atoms with Gasteiger partial charge in [-0.2, -0.15) is 4.99 Å². The van der Waals surface area contributed by atoms with E-state index < -0.39 is 5.91 Å². The van der Waals surface area contributed by atoms with Crippen LogP contribution in [-0.4, -0.2) is 21.8 Å². The van der Waals surface area contributed by atoms with E-state index in [0.717, 1.165) is 0 Å². The van der Waals surface area contributed by atoms with Gasteiger partial charge >= 0.3 is 0 Å². The molecule has 0 aliphatic carbocycles. The van der Waals surface area contributed by atoms with E-state index in [1.807, 2.05) is 0 Å². The zero-order valence-electron chi connectivity index (χ0n) is 7.64. The van der Waals surface area contributed by atoms with Crippen molar-refractivity contribution in [3.63, 3.8) is 0 Å². The summed E-state index contributed by atoms with van der Waals surface area (Å²) in [6.45, 7) is 0. The maximum Gasteiger partial charge on any atom is 0.255 e. The monoisotopic (exact) mass is 228 g/mol. The number of nitrogen functional groups attached to an aromatic ring is 1. The number of rotatable bonds is 2. The molecule has 0 atom stereocenters. The summed E-state index contributed by atoms with van der Waals surface area (Å²) in [5.74, 6) is -0.745. The molecule has 0 saturated heterocycles. The van der Waals surface area contributed by atoms with E-state index in [1.54, 1.807) is 0 Å². The number of hydrogen-bond acceptors (Lipinski definition) is 4. The number of nitrogens with two attached hydrogens (primary N) is 3. The van der Waals surface area contributed by atoms with Gasteiger partial charge in [0, 0.05) is 0 Å². The standard InChI is InChI=1S/C7H9ClN6O/c8-4-2-12-6(9)3(13-4)1-5(15)14-7(10)11/h2H,1H2,(H2,9,12)(H4,10,11,14,15). The van der Waals surface area contributed by atoms with Crippen LogP contribution in [-0.2, 0) is 11.2 Å². The van der Waals surface area contributed by atoms with Crippen molar-refractivity contribution < 1.29 is 4.79 Å². The minimum Gasteiger partial charge on any atom is -0.382 e. The van der Waals surface area contributed by atoms with Crippen molar-refractivity contribution in [3.8, 4) is 0 Å². The van der Waals surface area contributed by atoms with Crippen LogP contribution in [0.25, 0.3) is 0 Å². The first-order valence-electron chi connectivity index (χ1n) is 3.88. The maximum atomic E-state index is 11.2. The topological polar surface area (TPSA) is 133 Å². The predicted molar refractivity (Wildman–Crippen MR) is 56.0 cm³/mol. The Balaban J connectivity index is 2.85. The van der Waals surface area contributed by atoms with Crippen molar-refractivity contribution in [2.24, 2.45) is 16.5 Å². The molecule has 0 unspecified atom stereocenters. The van der Waals surface area contributed by atoms with Crippen molar-refractivity contribution >= 4 is 29.3 Å². The van der Waals surface area contributed by atoms with Gasteiger partial charge in [-0.1, -0.05) is 11.6 Å². The molecular weight excluding hydrogens is 220 g/mol. The summed E-state index contributed by atoms with van der Waals surface area (Å²) in [4.78, 5) is 22.0. The van der Waals surface area contributed by atoms with E-state index in [2.05, 4.69) is 15.0 Å². The molecule has 0 bridgehead atoms. The number of nitrogens with zero attached hydrogens (tertiary/aromatic N) is 3. The Bertz CT molecular complexity index is 414. The molecule has 1 aromatic heterocycles. The fraction of sp³-hybridized carbons (Fsp3) is 0.143. The highest BCUT2D eigenvalue weighted by molar-refractivity contribution is 6.29. The smallest absolute Gasteiger partial charge is 0.255 e. The predicted octanol–water partition coefficient (Wildman–Crippen LogP) is -0.945. The van der Waals surface area contributed by atoms with Gasteiger partial charge in [0.25, 0.3) is 5.91 Å². The second-order valence-electron chi connectivity index (χ2n) is 2.63. The summed E-state index contributed by atoms with van der Waals surface area (Å²) in [5.41, 5.74) is 15.8. The Morgan fingerprint density at radius 3 is 2.80 bits per heavy atom. The molecule has 0 radical (unpaired) electrons. The molecule has 15 heavy (non-hydrogen) atoms. The molecule has 0 aromatic carbocycles. The number of aromatic nitrogens is 2. The van der Waals surface area contributed by atoms with Crippen LogP contribution < -0.4 is 17.2 Å². The SMILES string of the molecule is NC(N)=NC(=O)Cc1nc(Cl)cnc1N. The lowest BCUT2D eigenvalue weighted by Crippen LogP contribution is -2.24. The fourth-order valence-corrected chi connectivity index (χ4v) is 1.02. The Labute approximate surface area is 90.3 Å². The lowest BCUT2D eigenvalue weighted by Gasteiger charge is -2.01. The van der Waals surface area contributed by atoms with Crippen molar-refractivity contribution in [3.05, 3.63) is 17.0 Å². The largest absolute Gasteiger partial charge is 0.382 e. The zero-order chi connectivity index (χ0) is 11.4. The first-order chi connectivity index (χ1) is 6.99. The number of halogens is 1. The first-order valence-corrected chi connectivity index (χ1v) is 4.26. The van der Waals surface area contributed by atoms with Crippen LogP contribution in [0.4, 0.5) is 5.82 Å². The Morgan fingerprint density at radius 1 is 1.53 bits per heavy atom. The molecule has 80 valence electrons. The summed E-state index contributed by atoms with van der Waals surface area (Å²) in [5, 5.41) is 0.150. The van der Waals surface area contributed by atoms with Crippen LogP contribution in [0, 0.1) is 0 Å². The van der Waals surface area contributed by atoms with Gasteiger partial charge in [0.2, 0.25) is 0 Å². The second kappa shape index (κ2) is 4.56. The molecule has 0 saturated carbocycles. The minimum absolute atomic E-state index is 0.124. The van der Waals surface area contributed by atoms with Gasteiger partial charge in [-0.3, -0.25) is 4.79 Å². The molecule has 7 nitrogen and oxygen atoms in total. The number of anilines is 1. The normalized spacial score (nSPS) is 9.67. The average Bonchev–Trinajstić information content (AvgIpc) is 2.10. The average molecular weight is 229 g/mol. The Hall–Kier alpha value is -1.89. The van der Waals surface area contributed by atoms with Crippen LogP contribution in [0.3, 0.4) is 0 Å². The van der Waals surface area contributed by atoms with Crippen LogP contribution >= 0.6 is 11.6 Å². The van der Waals surface area contributed by atoms with Crippen molar-refractivity contribution in [1.82, 2.24) is 9.97 Å². The molecule has 1 rings (SSSR count). The summed E-state index contributed by atoms with van der Waals surface area (Å²) in [7, 11) is 0. The molecule has 0 fully saturated rings. The number of guanidine groups is 1. The molecule has 0 spiro atoms. The second-order valence-corrected chi connectivity index (χ2v) is 3.02. The number of carbonyl (C=O) groups is 1. The number of amides is 1. The molecular formula is C7H9ClN6O. The van der Waals surface area contributed by atoms with Crippen molar-refractivity contribution in [1.29, 1.82) is 0 Å².